The van der Waals surface area contributed by atoms with Crippen LogP contribution in [0.15, 0.2) is 4.42 Å². The first kappa shape index (κ1) is 14.3. The van der Waals surface area contributed by atoms with Crippen molar-refractivity contribution in [1.29, 1.82) is 0 Å². The summed E-state index contributed by atoms with van der Waals surface area (Å²) in [5.41, 5.74) is 1.84. The highest BCUT2D eigenvalue weighted by atomic mass is 16.4. The van der Waals surface area contributed by atoms with E-state index in [0.717, 1.165) is 30.8 Å². The van der Waals surface area contributed by atoms with Crippen LogP contribution in [-0.4, -0.2) is 31.9 Å². The van der Waals surface area contributed by atoms with Crippen molar-refractivity contribution in [2.45, 2.75) is 40.2 Å². The monoisotopic (exact) mass is 277 g/mol. The average molecular weight is 277 g/mol. The lowest BCUT2D eigenvalue weighted by Crippen LogP contribution is -2.11. The van der Waals surface area contributed by atoms with Gasteiger partial charge in [0.05, 0.1) is 17.9 Å². The van der Waals surface area contributed by atoms with Crippen molar-refractivity contribution in [3.8, 4) is 0 Å². The van der Waals surface area contributed by atoms with Gasteiger partial charge in [-0.3, -0.25) is 5.32 Å². The SMILES string of the molecule is CCNCc1nnc(Nc2nnc(CC)c(CC)n2)o1. The number of hydrogen-bond acceptors (Lipinski definition) is 8. The Kier molecular flexibility index (Phi) is 4.94. The first-order valence-corrected chi connectivity index (χ1v) is 6.79. The Bertz CT molecular complexity index is 554. The highest BCUT2D eigenvalue weighted by Gasteiger charge is 2.10. The molecule has 2 N–H and O–H groups in total. The van der Waals surface area contributed by atoms with Crippen LogP contribution in [0.1, 0.15) is 38.0 Å². The molecule has 0 atom stereocenters. The highest BCUT2D eigenvalue weighted by Crippen LogP contribution is 2.12. The van der Waals surface area contributed by atoms with Crippen molar-refractivity contribution in [3.05, 3.63) is 17.3 Å². The molecule has 2 aromatic heterocycles. The summed E-state index contributed by atoms with van der Waals surface area (Å²) in [4.78, 5) is 4.40. The fraction of sp³-hybridized carbons (Fsp3) is 0.583. The van der Waals surface area contributed by atoms with Gasteiger partial charge in [-0.1, -0.05) is 25.9 Å². The van der Waals surface area contributed by atoms with Gasteiger partial charge in [-0.15, -0.1) is 15.3 Å². The summed E-state index contributed by atoms with van der Waals surface area (Å²) in [5, 5.41) is 21.9. The van der Waals surface area contributed by atoms with Crippen molar-refractivity contribution in [1.82, 2.24) is 30.7 Å². The van der Waals surface area contributed by atoms with Crippen LogP contribution >= 0.6 is 0 Å². The highest BCUT2D eigenvalue weighted by molar-refractivity contribution is 5.39. The van der Waals surface area contributed by atoms with Gasteiger partial charge in [-0.05, 0) is 19.4 Å². The number of nitrogens with zero attached hydrogens (tertiary/aromatic N) is 5. The van der Waals surface area contributed by atoms with E-state index < -0.39 is 0 Å². The molecule has 20 heavy (non-hydrogen) atoms. The number of aromatic nitrogens is 5. The van der Waals surface area contributed by atoms with Crippen LogP contribution in [0.4, 0.5) is 12.0 Å². The maximum absolute atomic E-state index is 5.42. The van der Waals surface area contributed by atoms with Crippen LogP contribution in [-0.2, 0) is 19.4 Å². The maximum atomic E-state index is 5.42. The number of hydrogen-bond donors (Lipinski definition) is 2. The van der Waals surface area contributed by atoms with Crippen LogP contribution in [0.3, 0.4) is 0 Å². The molecule has 0 aromatic carbocycles. The van der Waals surface area contributed by atoms with Gasteiger partial charge in [0.15, 0.2) is 0 Å². The second-order valence-electron chi connectivity index (χ2n) is 4.14. The molecule has 0 unspecified atom stereocenters. The molecule has 0 aliphatic heterocycles. The van der Waals surface area contributed by atoms with Gasteiger partial charge < -0.3 is 9.73 Å². The second-order valence-corrected chi connectivity index (χ2v) is 4.14. The minimum absolute atomic E-state index is 0.269. The van der Waals surface area contributed by atoms with Gasteiger partial charge in [-0.2, -0.15) is 0 Å². The van der Waals surface area contributed by atoms with E-state index in [1.165, 1.54) is 0 Å². The van der Waals surface area contributed by atoms with Gasteiger partial charge in [0.1, 0.15) is 0 Å². The Morgan fingerprint density at radius 3 is 2.45 bits per heavy atom. The number of aryl methyl sites for hydroxylation is 2. The Hall–Kier alpha value is -2.09. The molecule has 2 rings (SSSR count). The molecule has 8 heteroatoms. The van der Waals surface area contributed by atoms with E-state index in [1.807, 2.05) is 20.8 Å². The zero-order valence-electron chi connectivity index (χ0n) is 12.0. The summed E-state index contributed by atoms with van der Waals surface area (Å²) in [5.74, 6) is 0.890. The Morgan fingerprint density at radius 2 is 1.75 bits per heavy atom. The molecule has 0 bridgehead atoms. The fourth-order valence-corrected chi connectivity index (χ4v) is 1.69. The average Bonchev–Trinajstić information content (AvgIpc) is 2.92. The minimum Gasteiger partial charge on any atom is -0.406 e. The first-order valence-electron chi connectivity index (χ1n) is 6.79. The molecule has 2 heterocycles. The number of rotatable bonds is 7. The van der Waals surface area contributed by atoms with Crippen LogP contribution in [0.25, 0.3) is 0 Å². The van der Waals surface area contributed by atoms with Crippen molar-refractivity contribution >= 4 is 12.0 Å². The van der Waals surface area contributed by atoms with Gasteiger partial charge in [0.25, 0.3) is 5.95 Å². The van der Waals surface area contributed by atoms with Crippen LogP contribution in [0.5, 0.6) is 0 Å². The molecule has 0 amide bonds. The van der Waals surface area contributed by atoms with E-state index >= 15 is 0 Å². The molecular formula is C12H19N7O. The zero-order valence-corrected chi connectivity index (χ0v) is 12.0. The van der Waals surface area contributed by atoms with Crippen LogP contribution in [0, 0.1) is 0 Å². The molecular weight excluding hydrogens is 258 g/mol. The molecule has 2 aromatic rings. The number of anilines is 2. The fourth-order valence-electron chi connectivity index (χ4n) is 1.69. The van der Waals surface area contributed by atoms with Crippen LogP contribution < -0.4 is 10.6 Å². The largest absolute Gasteiger partial charge is 0.406 e. The third-order valence-corrected chi connectivity index (χ3v) is 2.72. The summed E-state index contributed by atoms with van der Waals surface area (Å²) >= 11 is 0. The molecule has 0 radical (unpaired) electrons. The summed E-state index contributed by atoms with van der Waals surface area (Å²) in [6.07, 6.45) is 1.62. The van der Waals surface area contributed by atoms with Gasteiger partial charge in [0, 0.05) is 0 Å². The Labute approximate surface area is 117 Å². The zero-order chi connectivity index (χ0) is 14.4. The summed E-state index contributed by atoms with van der Waals surface area (Å²) in [6, 6.07) is 0.269. The topological polar surface area (TPSA) is 102 Å². The van der Waals surface area contributed by atoms with E-state index in [9.17, 15) is 0 Å². The lowest BCUT2D eigenvalue weighted by atomic mass is 10.2. The molecule has 0 aliphatic rings. The van der Waals surface area contributed by atoms with Crippen LogP contribution in [0.2, 0.25) is 0 Å². The lowest BCUT2D eigenvalue weighted by Gasteiger charge is -2.04. The van der Waals surface area contributed by atoms with E-state index in [0.29, 0.717) is 18.4 Å². The predicted octanol–water partition coefficient (Wildman–Crippen LogP) is 1.23. The van der Waals surface area contributed by atoms with Crippen molar-refractivity contribution in [3.63, 3.8) is 0 Å². The molecule has 0 fully saturated rings. The van der Waals surface area contributed by atoms with Gasteiger partial charge >= 0.3 is 6.01 Å². The predicted molar refractivity (Wildman–Crippen MR) is 73.5 cm³/mol. The first-order chi connectivity index (χ1) is 9.76. The third-order valence-electron chi connectivity index (χ3n) is 2.72. The standard InChI is InChI=1S/C12H19N7O/c1-4-8-9(5-2)16-18-11(14-8)15-12-19-17-10(20-12)7-13-6-3/h13H,4-7H2,1-3H3,(H,14,15,18,19). The second kappa shape index (κ2) is 6.90. The quantitative estimate of drug-likeness (QED) is 0.779. The molecule has 8 nitrogen and oxygen atoms in total. The summed E-state index contributed by atoms with van der Waals surface area (Å²) in [7, 11) is 0. The van der Waals surface area contributed by atoms with Crippen molar-refractivity contribution in [2.24, 2.45) is 0 Å². The maximum Gasteiger partial charge on any atom is 0.322 e. The molecule has 0 aliphatic carbocycles. The van der Waals surface area contributed by atoms with Gasteiger partial charge in [-0.25, -0.2) is 4.98 Å². The summed E-state index contributed by atoms with van der Waals surface area (Å²) < 4.78 is 5.42. The summed E-state index contributed by atoms with van der Waals surface area (Å²) in [6.45, 7) is 7.46. The minimum atomic E-state index is 0.269. The molecule has 0 saturated carbocycles. The molecule has 108 valence electrons. The smallest absolute Gasteiger partial charge is 0.322 e. The Morgan fingerprint density at radius 1 is 0.950 bits per heavy atom. The van der Waals surface area contributed by atoms with Crippen molar-refractivity contribution < 1.29 is 4.42 Å². The van der Waals surface area contributed by atoms with E-state index in [2.05, 4.69) is 36.0 Å². The lowest BCUT2D eigenvalue weighted by molar-refractivity contribution is 0.483. The number of nitrogens with one attached hydrogen (secondary N) is 2. The van der Waals surface area contributed by atoms with E-state index in [4.69, 9.17) is 4.42 Å². The van der Waals surface area contributed by atoms with Gasteiger partial charge in [0.2, 0.25) is 5.89 Å². The van der Waals surface area contributed by atoms with E-state index in [-0.39, 0.29) is 6.01 Å². The molecule has 0 spiro atoms. The third kappa shape index (κ3) is 3.47. The normalized spacial score (nSPS) is 10.8. The molecule has 0 saturated heterocycles. The Balaban J connectivity index is 2.07. The van der Waals surface area contributed by atoms with E-state index in [1.54, 1.807) is 0 Å². The van der Waals surface area contributed by atoms with Crippen molar-refractivity contribution in [2.75, 3.05) is 11.9 Å².